The molecule has 0 saturated carbocycles. The van der Waals surface area contributed by atoms with Crippen LogP contribution in [0.25, 0.3) is 0 Å². The summed E-state index contributed by atoms with van der Waals surface area (Å²) >= 11 is 1.99. The van der Waals surface area contributed by atoms with E-state index in [1.54, 1.807) is 6.20 Å². The molecule has 0 atom stereocenters. The van der Waals surface area contributed by atoms with Crippen molar-refractivity contribution in [3.8, 4) is 5.88 Å². The number of hydrogen-bond donors (Lipinski definition) is 1. The first kappa shape index (κ1) is 15.3. The number of nitrogens with zero attached hydrogens (tertiary/aromatic N) is 1. The van der Waals surface area contributed by atoms with Crippen LogP contribution in [0.4, 0.5) is 0 Å². The van der Waals surface area contributed by atoms with Crippen LogP contribution in [0, 0.1) is 0 Å². The van der Waals surface area contributed by atoms with Gasteiger partial charge in [-0.25, -0.2) is 4.98 Å². The maximum absolute atomic E-state index is 5.69. The molecule has 0 unspecified atom stereocenters. The summed E-state index contributed by atoms with van der Waals surface area (Å²) in [6.07, 6.45) is 3.15. The summed E-state index contributed by atoms with van der Waals surface area (Å²) in [4.78, 5) is 4.28. The monoisotopic (exact) mass is 268 g/mol. The molecule has 3 nitrogen and oxygen atoms in total. The van der Waals surface area contributed by atoms with Gasteiger partial charge >= 0.3 is 0 Å². The highest BCUT2D eigenvalue weighted by Crippen LogP contribution is 2.15. The molecule has 0 fully saturated rings. The molecular weight excluding hydrogens is 244 g/mol. The highest BCUT2D eigenvalue weighted by Gasteiger charge is 2.05. The van der Waals surface area contributed by atoms with Gasteiger partial charge in [0.15, 0.2) is 0 Å². The molecule has 0 spiro atoms. The first-order valence-electron chi connectivity index (χ1n) is 6.63. The number of rotatable bonds is 9. The Balaban J connectivity index is 2.32. The molecule has 1 aromatic rings. The second-order valence-electron chi connectivity index (χ2n) is 4.36. The van der Waals surface area contributed by atoms with Gasteiger partial charge in [0, 0.05) is 18.3 Å². The zero-order chi connectivity index (χ0) is 13.2. The highest BCUT2D eigenvalue weighted by molar-refractivity contribution is 7.99. The fraction of sp³-hybridized carbons (Fsp3) is 0.643. The van der Waals surface area contributed by atoms with Gasteiger partial charge in [-0.05, 0) is 44.4 Å². The van der Waals surface area contributed by atoms with Crippen LogP contribution in [-0.2, 0) is 6.54 Å². The minimum atomic E-state index is 0.166. The molecule has 0 radical (unpaired) electrons. The van der Waals surface area contributed by atoms with E-state index in [0.717, 1.165) is 24.5 Å². The molecule has 0 amide bonds. The molecule has 102 valence electrons. The summed E-state index contributed by atoms with van der Waals surface area (Å²) in [5, 5.41) is 3.44. The van der Waals surface area contributed by atoms with Gasteiger partial charge in [0.05, 0.1) is 6.10 Å². The number of aromatic nitrogens is 1. The van der Waals surface area contributed by atoms with Crippen molar-refractivity contribution in [2.24, 2.45) is 0 Å². The first-order valence-corrected chi connectivity index (χ1v) is 7.78. The Labute approximate surface area is 115 Å². The lowest BCUT2D eigenvalue weighted by molar-refractivity contribution is 0.229. The molecule has 1 N–H and O–H groups in total. The largest absolute Gasteiger partial charge is 0.475 e. The van der Waals surface area contributed by atoms with Crippen LogP contribution < -0.4 is 10.1 Å². The van der Waals surface area contributed by atoms with Crippen molar-refractivity contribution in [2.45, 2.75) is 39.8 Å². The van der Waals surface area contributed by atoms with Crippen LogP contribution in [0.5, 0.6) is 5.88 Å². The van der Waals surface area contributed by atoms with E-state index >= 15 is 0 Å². The van der Waals surface area contributed by atoms with E-state index in [1.165, 1.54) is 17.9 Å². The lowest BCUT2D eigenvalue weighted by Crippen LogP contribution is -2.17. The summed E-state index contributed by atoms with van der Waals surface area (Å²) in [6, 6.07) is 4.02. The number of hydrogen-bond acceptors (Lipinski definition) is 4. The predicted octanol–water partition coefficient (Wildman–Crippen LogP) is 3.10. The van der Waals surface area contributed by atoms with Gasteiger partial charge in [0.1, 0.15) is 0 Å². The molecule has 0 aliphatic heterocycles. The van der Waals surface area contributed by atoms with Crippen LogP contribution >= 0.6 is 11.8 Å². The first-order chi connectivity index (χ1) is 8.74. The summed E-state index contributed by atoms with van der Waals surface area (Å²) in [5.74, 6) is 3.18. The van der Waals surface area contributed by atoms with Crippen LogP contribution in [0.15, 0.2) is 18.3 Å². The minimum absolute atomic E-state index is 0.166. The Hall–Kier alpha value is -0.740. The Bertz CT molecular complexity index is 331. The fourth-order valence-electron chi connectivity index (χ4n) is 1.55. The summed E-state index contributed by atoms with van der Waals surface area (Å²) in [7, 11) is 0. The van der Waals surface area contributed by atoms with E-state index in [-0.39, 0.29) is 6.10 Å². The topological polar surface area (TPSA) is 34.2 Å². The predicted molar refractivity (Wildman–Crippen MR) is 79.3 cm³/mol. The third-order valence-electron chi connectivity index (χ3n) is 2.36. The van der Waals surface area contributed by atoms with E-state index < -0.39 is 0 Å². The zero-order valence-electron chi connectivity index (χ0n) is 11.6. The van der Waals surface area contributed by atoms with Gasteiger partial charge in [-0.15, -0.1) is 0 Å². The van der Waals surface area contributed by atoms with Gasteiger partial charge < -0.3 is 10.1 Å². The second-order valence-corrected chi connectivity index (χ2v) is 5.76. The van der Waals surface area contributed by atoms with Crippen molar-refractivity contribution in [3.63, 3.8) is 0 Å². The second kappa shape index (κ2) is 9.22. The van der Waals surface area contributed by atoms with Crippen molar-refractivity contribution in [1.29, 1.82) is 0 Å². The Morgan fingerprint density at radius 1 is 1.44 bits per heavy atom. The van der Waals surface area contributed by atoms with E-state index in [1.807, 2.05) is 31.7 Å². The average molecular weight is 268 g/mol. The van der Waals surface area contributed by atoms with E-state index in [2.05, 4.69) is 23.3 Å². The molecule has 0 saturated heterocycles. The van der Waals surface area contributed by atoms with Crippen LogP contribution in [0.3, 0.4) is 0 Å². The Kier molecular flexibility index (Phi) is 7.85. The quantitative estimate of drug-likeness (QED) is 0.698. The van der Waals surface area contributed by atoms with Gasteiger partial charge in [-0.1, -0.05) is 13.0 Å². The third-order valence-corrected chi connectivity index (χ3v) is 3.34. The molecule has 0 aromatic carbocycles. The lowest BCUT2D eigenvalue weighted by atomic mass is 10.2. The maximum atomic E-state index is 5.69. The standard InChI is InChI=1S/C14H24N2OS/c1-4-18-10-6-8-15-11-13-7-5-9-16-14(13)17-12(2)3/h5,7,9,12,15H,4,6,8,10-11H2,1-3H3. The number of nitrogens with one attached hydrogen (secondary N) is 1. The molecule has 0 aliphatic carbocycles. The van der Waals surface area contributed by atoms with Crippen molar-refractivity contribution in [3.05, 3.63) is 23.9 Å². The van der Waals surface area contributed by atoms with Gasteiger partial charge in [-0.3, -0.25) is 0 Å². The fourth-order valence-corrected chi connectivity index (χ4v) is 2.19. The lowest BCUT2D eigenvalue weighted by Gasteiger charge is -2.13. The smallest absolute Gasteiger partial charge is 0.218 e. The van der Waals surface area contributed by atoms with Gasteiger partial charge in [0.2, 0.25) is 5.88 Å². The molecule has 18 heavy (non-hydrogen) atoms. The molecule has 4 heteroatoms. The SMILES string of the molecule is CCSCCCNCc1cccnc1OC(C)C. The zero-order valence-corrected chi connectivity index (χ0v) is 12.4. The van der Waals surface area contributed by atoms with Crippen molar-refractivity contribution >= 4 is 11.8 Å². The van der Waals surface area contributed by atoms with E-state index in [0.29, 0.717) is 0 Å². The highest BCUT2D eigenvalue weighted by atomic mass is 32.2. The van der Waals surface area contributed by atoms with Crippen molar-refractivity contribution < 1.29 is 4.74 Å². The Morgan fingerprint density at radius 3 is 3.00 bits per heavy atom. The van der Waals surface area contributed by atoms with Crippen molar-refractivity contribution in [1.82, 2.24) is 10.3 Å². The average Bonchev–Trinajstić information content (AvgIpc) is 2.35. The minimum Gasteiger partial charge on any atom is -0.475 e. The summed E-state index contributed by atoms with van der Waals surface area (Å²) in [6.45, 7) is 8.11. The molecule has 0 aliphatic rings. The van der Waals surface area contributed by atoms with E-state index in [4.69, 9.17) is 4.74 Å². The molecule has 1 rings (SSSR count). The third kappa shape index (κ3) is 6.26. The van der Waals surface area contributed by atoms with Gasteiger partial charge in [0.25, 0.3) is 0 Å². The number of ether oxygens (including phenoxy) is 1. The maximum Gasteiger partial charge on any atom is 0.218 e. The molecule has 1 aromatic heterocycles. The van der Waals surface area contributed by atoms with Crippen LogP contribution in [0.1, 0.15) is 32.8 Å². The van der Waals surface area contributed by atoms with Crippen LogP contribution in [0.2, 0.25) is 0 Å². The molecule has 1 heterocycles. The van der Waals surface area contributed by atoms with Gasteiger partial charge in [-0.2, -0.15) is 11.8 Å². The van der Waals surface area contributed by atoms with Crippen LogP contribution in [-0.4, -0.2) is 29.1 Å². The van der Waals surface area contributed by atoms with E-state index in [9.17, 15) is 0 Å². The normalized spacial score (nSPS) is 10.9. The summed E-state index contributed by atoms with van der Waals surface area (Å²) < 4.78 is 5.69. The molecular formula is C14H24N2OS. The summed E-state index contributed by atoms with van der Waals surface area (Å²) in [5.41, 5.74) is 1.13. The molecule has 0 bridgehead atoms. The number of thioether (sulfide) groups is 1. The number of pyridine rings is 1. The van der Waals surface area contributed by atoms with Crippen molar-refractivity contribution in [2.75, 3.05) is 18.1 Å². The Morgan fingerprint density at radius 2 is 2.28 bits per heavy atom.